The lowest BCUT2D eigenvalue weighted by atomic mass is 10.1. The van der Waals surface area contributed by atoms with Crippen LogP contribution in [0.1, 0.15) is 29.6 Å². The van der Waals surface area contributed by atoms with E-state index < -0.39 is 0 Å². The maximum atomic E-state index is 12.4. The molecule has 0 spiro atoms. The summed E-state index contributed by atoms with van der Waals surface area (Å²) in [5.74, 6) is -0.236. The Morgan fingerprint density at radius 3 is 2.61 bits per heavy atom. The molecule has 1 N–H and O–H groups in total. The number of piperidine rings is 1. The Morgan fingerprint density at radius 1 is 1.09 bits per heavy atom. The number of anilines is 2. The van der Waals surface area contributed by atoms with E-state index in [4.69, 9.17) is 23.2 Å². The van der Waals surface area contributed by atoms with E-state index in [2.05, 4.69) is 15.2 Å². The van der Waals surface area contributed by atoms with Crippen LogP contribution in [0.5, 0.6) is 0 Å². The van der Waals surface area contributed by atoms with Gasteiger partial charge in [0.1, 0.15) is 0 Å². The highest BCUT2D eigenvalue weighted by Crippen LogP contribution is 2.26. The molecule has 2 heterocycles. The molecule has 0 radical (unpaired) electrons. The third-order valence-corrected chi connectivity index (χ3v) is 4.43. The maximum absolute atomic E-state index is 12.4. The zero-order chi connectivity index (χ0) is 16.2. The van der Waals surface area contributed by atoms with Crippen molar-refractivity contribution in [3.63, 3.8) is 0 Å². The Kier molecular flexibility index (Phi) is 5.03. The summed E-state index contributed by atoms with van der Waals surface area (Å²) in [4.78, 5) is 18.9. The molecular formula is C17H17Cl2N3O. The normalized spacial score (nSPS) is 14.6. The number of nitrogens with one attached hydrogen (secondary N) is 1. The third-order valence-electron chi connectivity index (χ3n) is 3.89. The van der Waals surface area contributed by atoms with Crippen molar-refractivity contribution in [2.24, 2.45) is 0 Å². The number of pyridine rings is 1. The quantitative estimate of drug-likeness (QED) is 0.878. The second kappa shape index (κ2) is 7.20. The Balaban J connectivity index is 1.76. The van der Waals surface area contributed by atoms with Gasteiger partial charge in [-0.2, -0.15) is 0 Å². The molecule has 2 aromatic rings. The molecule has 1 aromatic carbocycles. The Morgan fingerprint density at radius 2 is 1.87 bits per heavy atom. The number of amides is 1. The number of hydrogen-bond donors (Lipinski definition) is 1. The second-order valence-electron chi connectivity index (χ2n) is 5.56. The number of rotatable bonds is 3. The molecule has 0 aliphatic carbocycles. The fourth-order valence-corrected chi connectivity index (χ4v) is 3.12. The minimum absolute atomic E-state index is 0.236. The molecule has 1 aromatic heterocycles. The third kappa shape index (κ3) is 3.95. The summed E-state index contributed by atoms with van der Waals surface area (Å²) in [7, 11) is 0. The van der Waals surface area contributed by atoms with Crippen LogP contribution in [-0.4, -0.2) is 24.0 Å². The van der Waals surface area contributed by atoms with Crippen molar-refractivity contribution in [2.45, 2.75) is 19.3 Å². The zero-order valence-corrected chi connectivity index (χ0v) is 14.1. The predicted octanol–water partition coefficient (Wildman–Crippen LogP) is 4.63. The van der Waals surface area contributed by atoms with Gasteiger partial charge in [-0.1, -0.05) is 23.2 Å². The SMILES string of the molecule is O=C(Nc1ccc(Cl)cc1Cl)c1cncc(N2CCCCC2)c1. The molecule has 23 heavy (non-hydrogen) atoms. The van der Waals surface area contributed by atoms with Gasteiger partial charge in [-0.3, -0.25) is 9.78 Å². The standard InChI is InChI=1S/C17H17Cl2N3O/c18-13-4-5-16(15(19)9-13)21-17(23)12-8-14(11-20-10-12)22-6-2-1-3-7-22/h4-5,8-11H,1-3,6-7H2,(H,21,23). The molecule has 1 saturated heterocycles. The minimum atomic E-state index is -0.236. The molecule has 4 nitrogen and oxygen atoms in total. The predicted molar refractivity (Wildman–Crippen MR) is 94.7 cm³/mol. The summed E-state index contributed by atoms with van der Waals surface area (Å²) in [5.41, 5.74) is 2.03. The Labute approximate surface area is 145 Å². The van der Waals surface area contributed by atoms with Crippen LogP contribution >= 0.6 is 23.2 Å². The van der Waals surface area contributed by atoms with Gasteiger partial charge in [-0.25, -0.2) is 0 Å². The van der Waals surface area contributed by atoms with Crippen LogP contribution in [-0.2, 0) is 0 Å². The highest BCUT2D eigenvalue weighted by Gasteiger charge is 2.14. The Hall–Kier alpha value is -1.78. The smallest absolute Gasteiger partial charge is 0.257 e. The van der Waals surface area contributed by atoms with Gasteiger partial charge >= 0.3 is 0 Å². The zero-order valence-electron chi connectivity index (χ0n) is 12.6. The van der Waals surface area contributed by atoms with Crippen LogP contribution in [0.25, 0.3) is 0 Å². The number of halogens is 2. The number of aromatic nitrogens is 1. The molecule has 1 aliphatic heterocycles. The van der Waals surface area contributed by atoms with Gasteiger partial charge in [-0.15, -0.1) is 0 Å². The first kappa shape index (κ1) is 16.1. The lowest BCUT2D eigenvalue weighted by Crippen LogP contribution is -2.29. The van der Waals surface area contributed by atoms with Crippen molar-refractivity contribution in [2.75, 3.05) is 23.3 Å². The second-order valence-corrected chi connectivity index (χ2v) is 6.40. The van der Waals surface area contributed by atoms with E-state index >= 15 is 0 Å². The molecule has 120 valence electrons. The first-order chi connectivity index (χ1) is 11.1. The monoisotopic (exact) mass is 349 g/mol. The van der Waals surface area contributed by atoms with Crippen LogP contribution in [0.4, 0.5) is 11.4 Å². The molecule has 0 bridgehead atoms. The van der Waals surface area contributed by atoms with E-state index in [1.54, 1.807) is 30.6 Å². The summed E-state index contributed by atoms with van der Waals surface area (Å²) in [6.45, 7) is 2.02. The summed E-state index contributed by atoms with van der Waals surface area (Å²) < 4.78 is 0. The molecule has 1 aliphatic rings. The van der Waals surface area contributed by atoms with E-state index in [9.17, 15) is 4.79 Å². The molecule has 3 rings (SSSR count). The van der Waals surface area contributed by atoms with Crippen molar-refractivity contribution in [3.05, 3.63) is 52.3 Å². The van der Waals surface area contributed by atoms with Gasteiger partial charge < -0.3 is 10.2 Å². The van der Waals surface area contributed by atoms with Gasteiger partial charge in [0.15, 0.2) is 0 Å². The fourth-order valence-electron chi connectivity index (χ4n) is 2.66. The van der Waals surface area contributed by atoms with Crippen LogP contribution in [0.3, 0.4) is 0 Å². The molecule has 6 heteroatoms. The minimum Gasteiger partial charge on any atom is -0.370 e. The van der Waals surface area contributed by atoms with Gasteiger partial charge in [0.25, 0.3) is 5.91 Å². The highest BCUT2D eigenvalue weighted by molar-refractivity contribution is 6.36. The van der Waals surface area contributed by atoms with E-state index in [1.165, 1.54) is 19.3 Å². The van der Waals surface area contributed by atoms with E-state index in [0.29, 0.717) is 21.3 Å². The molecular weight excluding hydrogens is 333 g/mol. The first-order valence-corrected chi connectivity index (χ1v) is 8.35. The topological polar surface area (TPSA) is 45.2 Å². The molecule has 1 amide bonds. The molecule has 0 atom stereocenters. The van der Waals surface area contributed by atoms with Crippen molar-refractivity contribution < 1.29 is 4.79 Å². The van der Waals surface area contributed by atoms with Gasteiger partial charge in [-0.05, 0) is 43.5 Å². The summed E-state index contributed by atoms with van der Waals surface area (Å²) in [5, 5.41) is 3.73. The molecule has 0 unspecified atom stereocenters. The van der Waals surface area contributed by atoms with Gasteiger partial charge in [0.2, 0.25) is 0 Å². The average Bonchev–Trinajstić information content (AvgIpc) is 2.58. The summed E-state index contributed by atoms with van der Waals surface area (Å²) in [6, 6.07) is 6.84. The van der Waals surface area contributed by atoms with E-state index in [0.717, 1.165) is 18.8 Å². The van der Waals surface area contributed by atoms with Crippen LogP contribution < -0.4 is 10.2 Å². The average molecular weight is 350 g/mol. The number of carbonyl (C=O) groups is 1. The number of benzene rings is 1. The van der Waals surface area contributed by atoms with Crippen molar-refractivity contribution in [3.8, 4) is 0 Å². The summed E-state index contributed by atoms with van der Waals surface area (Å²) in [6.07, 6.45) is 6.98. The first-order valence-electron chi connectivity index (χ1n) is 7.60. The van der Waals surface area contributed by atoms with Crippen LogP contribution in [0.15, 0.2) is 36.7 Å². The Bertz CT molecular complexity index is 715. The number of carbonyl (C=O) groups excluding carboxylic acids is 1. The number of hydrogen-bond acceptors (Lipinski definition) is 3. The van der Waals surface area contributed by atoms with Gasteiger partial charge in [0, 0.05) is 24.3 Å². The summed E-state index contributed by atoms with van der Waals surface area (Å²) >= 11 is 12.0. The van der Waals surface area contributed by atoms with Crippen molar-refractivity contribution in [1.82, 2.24) is 4.98 Å². The van der Waals surface area contributed by atoms with E-state index in [-0.39, 0.29) is 5.91 Å². The van der Waals surface area contributed by atoms with Crippen molar-refractivity contribution >= 4 is 40.5 Å². The molecule has 0 saturated carbocycles. The highest BCUT2D eigenvalue weighted by atomic mass is 35.5. The largest absolute Gasteiger partial charge is 0.370 e. The fraction of sp³-hybridized carbons (Fsp3) is 0.294. The maximum Gasteiger partial charge on any atom is 0.257 e. The lowest BCUT2D eigenvalue weighted by molar-refractivity contribution is 0.102. The van der Waals surface area contributed by atoms with Crippen LogP contribution in [0.2, 0.25) is 10.0 Å². The molecule has 1 fully saturated rings. The van der Waals surface area contributed by atoms with E-state index in [1.807, 2.05) is 6.07 Å². The number of nitrogens with zero attached hydrogens (tertiary/aromatic N) is 2. The van der Waals surface area contributed by atoms with Crippen molar-refractivity contribution in [1.29, 1.82) is 0 Å². The van der Waals surface area contributed by atoms with Gasteiger partial charge in [0.05, 0.1) is 28.2 Å². The van der Waals surface area contributed by atoms with Crippen LogP contribution in [0, 0.1) is 0 Å². The lowest BCUT2D eigenvalue weighted by Gasteiger charge is -2.28.